The van der Waals surface area contributed by atoms with Gasteiger partial charge >= 0.3 is 0 Å². The Labute approximate surface area is 84.3 Å². The van der Waals surface area contributed by atoms with Gasteiger partial charge in [0, 0.05) is 5.92 Å². The van der Waals surface area contributed by atoms with Crippen molar-refractivity contribution in [1.29, 1.82) is 0 Å². The molecule has 0 radical (unpaired) electrons. The SMILES string of the molecule is CC1CCC(c2ccccc2)NC1=O. The number of nitrogens with one attached hydrogen (secondary N) is 1. The summed E-state index contributed by atoms with van der Waals surface area (Å²) in [5.41, 5.74) is 1.22. The van der Waals surface area contributed by atoms with Gasteiger partial charge in [-0.3, -0.25) is 4.79 Å². The van der Waals surface area contributed by atoms with Crippen molar-refractivity contribution < 1.29 is 4.79 Å². The van der Waals surface area contributed by atoms with E-state index in [4.69, 9.17) is 0 Å². The Kier molecular flexibility index (Phi) is 2.53. The average molecular weight is 189 g/mol. The molecule has 0 aromatic heterocycles. The van der Waals surface area contributed by atoms with Crippen LogP contribution < -0.4 is 5.32 Å². The number of piperidine rings is 1. The summed E-state index contributed by atoms with van der Waals surface area (Å²) in [4.78, 5) is 11.5. The van der Waals surface area contributed by atoms with E-state index in [9.17, 15) is 4.79 Å². The van der Waals surface area contributed by atoms with Crippen molar-refractivity contribution in [1.82, 2.24) is 5.32 Å². The molecule has 0 aliphatic carbocycles. The molecule has 2 heteroatoms. The number of benzene rings is 1. The van der Waals surface area contributed by atoms with Gasteiger partial charge in [0.15, 0.2) is 0 Å². The quantitative estimate of drug-likeness (QED) is 0.721. The predicted molar refractivity (Wildman–Crippen MR) is 55.7 cm³/mol. The third-order valence-corrected chi connectivity index (χ3v) is 2.85. The zero-order valence-corrected chi connectivity index (χ0v) is 8.36. The summed E-state index contributed by atoms with van der Waals surface area (Å²) in [5.74, 6) is 0.361. The molecule has 1 heterocycles. The van der Waals surface area contributed by atoms with Crippen molar-refractivity contribution in [2.45, 2.75) is 25.8 Å². The minimum Gasteiger partial charge on any atom is -0.349 e. The summed E-state index contributed by atoms with van der Waals surface area (Å²) >= 11 is 0. The molecule has 1 aromatic carbocycles. The van der Waals surface area contributed by atoms with Crippen molar-refractivity contribution in [3.05, 3.63) is 35.9 Å². The second-order valence-corrected chi connectivity index (χ2v) is 3.95. The molecule has 2 atom stereocenters. The van der Waals surface area contributed by atoms with E-state index < -0.39 is 0 Å². The van der Waals surface area contributed by atoms with Gasteiger partial charge in [0.05, 0.1) is 6.04 Å². The number of hydrogen-bond donors (Lipinski definition) is 1. The van der Waals surface area contributed by atoms with Gasteiger partial charge in [-0.2, -0.15) is 0 Å². The molecule has 1 N–H and O–H groups in total. The summed E-state index contributed by atoms with van der Waals surface area (Å²) in [6, 6.07) is 10.4. The maximum Gasteiger partial charge on any atom is 0.223 e. The lowest BCUT2D eigenvalue weighted by atomic mass is 9.91. The first-order chi connectivity index (χ1) is 6.77. The van der Waals surface area contributed by atoms with Crippen LogP contribution in [0.25, 0.3) is 0 Å². The summed E-state index contributed by atoms with van der Waals surface area (Å²) in [7, 11) is 0. The van der Waals surface area contributed by atoms with Crippen molar-refractivity contribution in [2.75, 3.05) is 0 Å². The van der Waals surface area contributed by atoms with Gasteiger partial charge in [-0.15, -0.1) is 0 Å². The van der Waals surface area contributed by atoms with Crippen LogP contribution in [0.4, 0.5) is 0 Å². The molecular weight excluding hydrogens is 174 g/mol. The molecule has 0 bridgehead atoms. The van der Waals surface area contributed by atoms with Crippen LogP contribution in [-0.4, -0.2) is 5.91 Å². The Bertz CT molecular complexity index is 320. The second kappa shape index (κ2) is 3.82. The maximum atomic E-state index is 11.5. The normalized spacial score (nSPS) is 27.1. The monoisotopic (exact) mass is 189 g/mol. The van der Waals surface area contributed by atoms with E-state index in [0.29, 0.717) is 0 Å². The fourth-order valence-corrected chi connectivity index (χ4v) is 1.87. The Balaban J connectivity index is 2.11. The first kappa shape index (κ1) is 9.25. The lowest BCUT2D eigenvalue weighted by Crippen LogP contribution is -2.37. The van der Waals surface area contributed by atoms with E-state index in [1.54, 1.807) is 0 Å². The summed E-state index contributed by atoms with van der Waals surface area (Å²) in [6.45, 7) is 1.98. The lowest BCUT2D eigenvalue weighted by Gasteiger charge is -2.27. The van der Waals surface area contributed by atoms with Crippen molar-refractivity contribution in [3.63, 3.8) is 0 Å². The molecule has 0 saturated carbocycles. The molecule has 2 unspecified atom stereocenters. The van der Waals surface area contributed by atoms with Crippen LogP contribution in [0.15, 0.2) is 30.3 Å². The van der Waals surface area contributed by atoms with Gasteiger partial charge in [0.25, 0.3) is 0 Å². The van der Waals surface area contributed by atoms with Crippen molar-refractivity contribution in [3.8, 4) is 0 Å². The van der Waals surface area contributed by atoms with Gasteiger partial charge in [-0.1, -0.05) is 37.3 Å². The first-order valence-electron chi connectivity index (χ1n) is 5.12. The molecule has 1 aliphatic rings. The Morgan fingerprint density at radius 3 is 2.57 bits per heavy atom. The second-order valence-electron chi connectivity index (χ2n) is 3.95. The fourth-order valence-electron chi connectivity index (χ4n) is 1.87. The molecule has 1 aromatic rings. The van der Waals surface area contributed by atoms with E-state index in [1.807, 2.05) is 25.1 Å². The topological polar surface area (TPSA) is 29.1 Å². The van der Waals surface area contributed by atoms with Gasteiger partial charge in [0.2, 0.25) is 5.91 Å². The van der Waals surface area contributed by atoms with Gasteiger partial charge in [-0.25, -0.2) is 0 Å². The number of hydrogen-bond acceptors (Lipinski definition) is 1. The van der Waals surface area contributed by atoms with E-state index in [0.717, 1.165) is 12.8 Å². The van der Waals surface area contributed by atoms with Crippen LogP contribution in [0.1, 0.15) is 31.4 Å². The summed E-state index contributed by atoms with van der Waals surface area (Å²) in [6.07, 6.45) is 2.04. The van der Waals surface area contributed by atoms with Crippen LogP contribution in [-0.2, 0) is 4.79 Å². The molecule has 0 spiro atoms. The van der Waals surface area contributed by atoms with E-state index in [-0.39, 0.29) is 17.9 Å². The van der Waals surface area contributed by atoms with E-state index >= 15 is 0 Å². The van der Waals surface area contributed by atoms with Gasteiger partial charge in [0.1, 0.15) is 0 Å². The summed E-state index contributed by atoms with van der Waals surface area (Å²) in [5, 5.41) is 3.04. The maximum absolute atomic E-state index is 11.5. The van der Waals surface area contributed by atoms with Gasteiger partial charge in [-0.05, 0) is 18.4 Å². The highest BCUT2D eigenvalue weighted by atomic mass is 16.2. The highest BCUT2D eigenvalue weighted by Crippen LogP contribution is 2.25. The van der Waals surface area contributed by atoms with Crippen LogP contribution in [0.3, 0.4) is 0 Å². The van der Waals surface area contributed by atoms with Crippen molar-refractivity contribution >= 4 is 5.91 Å². The number of amides is 1. The van der Waals surface area contributed by atoms with Crippen LogP contribution in [0, 0.1) is 5.92 Å². The van der Waals surface area contributed by atoms with Crippen molar-refractivity contribution in [2.24, 2.45) is 5.92 Å². The highest BCUT2D eigenvalue weighted by Gasteiger charge is 2.24. The molecule has 1 fully saturated rings. The lowest BCUT2D eigenvalue weighted by molar-refractivity contribution is -0.127. The standard InChI is InChI=1S/C12H15NO/c1-9-7-8-11(13-12(9)14)10-5-3-2-4-6-10/h2-6,9,11H,7-8H2,1H3,(H,13,14). The minimum atomic E-state index is 0.176. The number of carbonyl (C=O) groups excluding carboxylic acids is 1. The Hall–Kier alpha value is -1.31. The van der Waals surface area contributed by atoms with Crippen LogP contribution in [0.5, 0.6) is 0 Å². The highest BCUT2D eigenvalue weighted by molar-refractivity contribution is 5.79. The third kappa shape index (κ3) is 1.79. The Morgan fingerprint density at radius 2 is 1.93 bits per heavy atom. The number of rotatable bonds is 1. The largest absolute Gasteiger partial charge is 0.349 e. The van der Waals surface area contributed by atoms with Crippen LogP contribution >= 0.6 is 0 Å². The predicted octanol–water partition coefficient (Wildman–Crippen LogP) is 2.27. The zero-order valence-electron chi connectivity index (χ0n) is 8.36. The molecule has 1 aliphatic heterocycles. The molecule has 1 saturated heterocycles. The molecular formula is C12H15NO. The average Bonchev–Trinajstić information content (AvgIpc) is 2.23. The van der Waals surface area contributed by atoms with Crippen LogP contribution in [0.2, 0.25) is 0 Å². The molecule has 14 heavy (non-hydrogen) atoms. The Morgan fingerprint density at radius 1 is 1.21 bits per heavy atom. The first-order valence-corrected chi connectivity index (χ1v) is 5.12. The summed E-state index contributed by atoms with van der Waals surface area (Å²) < 4.78 is 0. The molecule has 2 nitrogen and oxygen atoms in total. The van der Waals surface area contributed by atoms with E-state index in [2.05, 4.69) is 17.4 Å². The zero-order chi connectivity index (χ0) is 9.97. The van der Waals surface area contributed by atoms with E-state index in [1.165, 1.54) is 5.56 Å². The minimum absolute atomic E-state index is 0.176. The number of carbonyl (C=O) groups is 1. The fraction of sp³-hybridized carbons (Fsp3) is 0.417. The smallest absolute Gasteiger partial charge is 0.223 e. The molecule has 2 rings (SSSR count). The molecule has 1 amide bonds. The van der Waals surface area contributed by atoms with Gasteiger partial charge < -0.3 is 5.32 Å². The third-order valence-electron chi connectivity index (χ3n) is 2.85. The molecule has 74 valence electrons.